The fourth-order valence-corrected chi connectivity index (χ4v) is 2.07. The first-order valence-electron chi connectivity index (χ1n) is 4.30. The number of halogens is 1. The van der Waals surface area contributed by atoms with Crippen molar-refractivity contribution in [1.82, 2.24) is 0 Å². The molecular formula is C10H9FO3S. The molecule has 0 aliphatic heterocycles. The Balaban J connectivity index is 2.53. The molecular weight excluding hydrogens is 219 g/mol. The summed E-state index contributed by atoms with van der Waals surface area (Å²) >= 11 is 0. The largest absolute Gasteiger partial charge is 0.460 e. The topological polar surface area (TPSA) is 47.3 Å². The average molecular weight is 228 g/mol. The summed E-state index contributed by atoms with van der Waals surface area (Å²) in [7, 11) is -3.15. The van der Waals surface area contributed by atoms with Crippen molar-refractivity contribution >= 4 is 20.8 Å². The lowest BCUT2D eigenvalue weighted by atomic mass is 10.2. The molecule has 15 heavy (non-hydrogen) atoms. The lowest BCUT2D eigenvalue weighted by Crippen LogP contribution is -1.98. The fraction of sp³-hybridized carbons (Fsp3) is 0.200. The molecule has 0 atom stereocenters. The van der Waals surface area contributed by atoms with E-state index in [0.29, 0.717) is 11.0 Å². The van der Waals surface area contributed by atoms with Crippen LogP contribution in [-0.4, -0.2) is 14.7 Å². The lowest BCUT2D eigenvalue weighted by molar-refractivity contribution is 0.556. The molecule has 0 spiro atoms. The Morgan fingerprint density at radius 2 is 2.13 bits per heavy atom. The fourth-order valence-electron chi connectivity index (χ4n) is 1.41. The van der Waals surface area contributed by atoms with Crippen molar-refractivity contribution in [2.45, 2.75) is 5.75 Å². The molecule has 0 aliphatic rings. The standard InChI is InChI=1S/C10H9FO3S/c1-15(12,13)6-7-5-8-9(11)3-2-4-10(8)14-7/h2-5H,6H2,1H3. The summed E-state index contributed by atoms with van der Waals surface area (Å²) in [5.74, 6) is -0.352. The van der Waals surface area contributed by atoms with Crippen LogP contribution in [0.15, 0.2) is 28.7 Å². The van der Waals surface area contributed by atoms with Crippen molar-refractivity contribution in [3.05, 3.63) is 35.8 Å². The van der Waals surface area contributed by atoms with Gasteiger partial charge in [-0.2, -0.15) is 0 Å². The molecule has 1 aromatic carbocycles. The minimum Gasteiger partial charge on any atom is -0.460 e. The van der Waals surface area contributed by atoms with Crippen LogP contribution in [0.1, 0.15) is 5.76 Å². The minimum atomic E-state index is -3.15. The van der Waals surface area contributed by atoms with Crippen LogP contribution in [0.3, 0.4) is 0 Å². The molecule has 0 saturated carbocycles. The second kappa shape index (κ2) is 3.34. The van der Waals surface area contributed by atoms with Crippen molar-refractivity contribution < 1.29 is 17.2 Å². The molecule has 0 amide bonds. The molecule has 0 unspecified atom stereocenters. The molecule has 0 aliphatic carbocycles. The zero-order valence-corrected chi connectivity index (χ0v) is 8.84. The number of fused-ring (bicyclic) bond motifs is 1. The van der Waals surface area contributed by atoms with E-state index in [9.17, 15) is 12.8 Å². The third kappa shape index (κ3) is 2.18. The molecule has 0 radical (unpaired) electrons. The van der Waals surface area contributed by atoms with E-state index >= 15 is 0 Å². The highest BCUT2D eigenvalue weighted by Crippen LogP contribution is 2.22. The van der Waals surface area contributed by atoms with Crippen molar-refractivity contribution in [1.29, 1.82) is 0 Å². The van der Waals surface area contributed by atoms with E-state index in [1.165, 1.54) is 18.2 Å². The number of sulfone groups is 1. The van der Waals surface area contributed by atoms with Gasteiger partial charge in [-0.25, -0.2) is 12.8 Å². The van der Waals surface area contributed by atoms with Crippen LogP contribution < -0.4 is 0 Å². The molecule has 2 rings (SSSR count). The smallest absolute Gasteiger partial charge is 0.154 e. The van der Waals surface area contributed by atoms with Crippen LogP contribution in [0.5, 0.6) is 0 Å². The van der Waals surface area contributed by atoms with Gasteiger partial charge in [0.1, 0.15) is 22.9 Å². The van der Waals surface area contributed by atoms with Gasteiger partial charge in [0.05, 0.1) is 5.39 Å². The van der Waals surface area contributed by atoms with E-state index in [-0.39, 0.29) is 11.5 Å². The van der Waals surface area contributed by atoms with Gasteiger partial charge >= 0.3 is 0 Å². The molecule has 1 heterocycles. The van der Waals surface area contributed by atoms with Crippen molar-refractivity contribution in [3.8, 4) is 0 Å². The second-order valence-electron chi connectivity index (χ2n) is 3.43. The van der Waals surface area contributed by atoms with Gasteiger partial charge < -0.3 is 4.42 Å². The highest BCUT2D eigenvalue weighted by Gasteiger charge is 2.11. The van der Waals surface area contributed by atoms with Crippen molar-refractivity contribution in [2.24, 2.45) is 0 Å². The molecule has 0 fully saturated rings. The SMILES string of the molecule is CS(=O)(=O)Cc1cc2c(F)cccc2o1. The van der Waals surface area contributed by atoms with Gasteiger partial charge in [-0.05, 0) is 18.2 Å². The average Bonchev–Trinajstić information content (AvgIpc) is 2.45. The number of furan rings is 1. The molecule has 0 saturated heterocycles. The predicted molar refractivity (Wildman–Crippen MR) is 54.7 cm³/mol. The maximum atomic E-state index is 13.2. The van der Waals surface area contributed by atoms with E-state index in [2.05, 4.69) is 0 Å². The highest BCUT2D eigenvalue weighted by molar-refractivity contribution is 7.89. The van der Waals surface area contributed by atoms with E-state index < -0.39 is 15.7 Å². The number of rotatable bonds is 2. The Morgan fingerprint density at radius 1 is 1.40 bits per heavy atom. The first-order chi connectivity index (χ1) is 6.96. The highest BCUT2D eigenvalue weighted by atomic mass is 32.2. The molecule has 0 N–H and O–H groups in total. The third-order valence-electron chi connectivity index (χ3n) is 1.96. The summed E-state index contributed by atoms with van der Waals surface area (Å²) in [6.45, 7) is 0. The molecule has 5 heteroatoms. The Bertz CT molecular complexity index is 598. The first-order valence-corrected chi connectivity index (χ1v) is 6.36. The van der Waals surface area contributed by atoms with Crippen LogP contribution in [-0.2, 0) is 15.6 Å². The lowest BCUT2D eigenvalue weighted by Gasteiger charge is -1.91. The number of benzene rings is 1. The second-order valence-corrected chi connectivity index (χ2v) is 5.57. The Kier molecular flexibility index (Phi) is 2.26. The molecule has 2 aromatic rings. The maximum Gasteiger partial charge on any atom is 0.154 e. The minimum absolute atomic E-state index is 0.207. The first kappa shape index (κ1) is 10.2. The zero-order valence-electron chi connectivity index (χ0n) is 8.03. The quantitative estimate of drug-likeness (QED) is 0.791. The van der Waals surface area contributed by atoms with E-state index in [0.717, 1.165) is 6.26 Å². The number of hydrogen-bond acceptors (Lipinski definition) is 3. The Morgan fingerprint density at radius 3 is 2.73 bits per heavy atom. The van der Waals surface area contributed by atoms with Gasteiger partial charge in [0.2, 0.25) is 0 Å². The summed E-state index contributed by atoms with van der Waals surface area (Å²) in [6, 6.07) is 5.85. The van der Waals surface area contributed by atoms with Gasteiger partial charge in [-0.3, -0.25) is 0 Å². The summed E-state index contributed by atoms with van der Waals surface area (Å²) < 4.78 is 40.4. The molecule has 80 valence electrons. The van der Waals surface area contributed by atoms with Crippen LogP contribution >= 0.6 is 0 Å². The van der Waals surface area contributed by atoms with Gasteiger partial charge in [-0.15, -0.1) is 0 Å². The van der Waals surface area contributed by atoms with Gasteiger partial charge in [-0.1, -0.05) is 6.07 Å². The molecule has 3 nitrogen and oxygen atoms in total. The third-order valence-corrected chi connectivity index (χ3v) is 2.77. The van der Waals surface area contributed by atoms with Crippen LogP contribution in [0.25, 0.3) is 11.0 Å². The van der Waals surface area contributed by atoms with Gasteiger partial charge in [0, 0.05) is 6.26 Å². The zero-order chi connectivity index (χ0) is 11.1. The summed E-state index contributed by atoms with van der Waals surface area (Å²) in [5.41, 5.74) is 0.369. The van der Waals surface area contributed by atoms with Crippen molar-refractivity contribution in [3.63, 3.8) is 0 Å². The predicted octanol–water partition coefficient (Wildman–Crippen LogP) is 2.12. The maximum absolute atomic E-state index is 13.2. The van der Waals surface area contributed by atoms with Crippen LogP contribution in [0.4, 0.5) is 4.39 Å². The van der Waals surface area contributed by atoms with E-state index in [1.54, 1.807) is 6.07 Å². The normalized spacial score (nSPS) is 12.1. The Labute approximate surface area is 86.4 Å². The van der Waals surface area contributed by atoms with Crippen LogP contribution in [0.2, 0.25) is 0 Å². The van der Waals surface area contributed by atoms with Crippen molar-refractivity contribution in [2.75, 3.05) is 6.26 Å². The summed E-state index contributed by atoms with van der Waals surface area (Å²) in [4.78, 5) is 0. The van der Waals surface area contributed by atoms with Gasteiger partial charge in [0.25, 0.3) is 0 Å². The van der Waals surface area contributed by atoms with Gasteiger partial charge in [0.15, 0.2) is 9.84 Å². The Hall–Kier alpha value is -1.36. The molecule has 1 aromatic heterocycles. The van der Waals surface area contributed by atoms with E-state index in [4.69, 9.17) is 4.42 Å². The monoisotopic (exact) mass is 228 g/mol. The summed E-state index contributed by atoms with van der Waals surface area (Å²) in [5, 5.41) is 0.316. The number of hydrogen-bond donors (Lipinski definition) is 0. The van der Waals surface area contributed by atoms with E-state index in [1.807, 2.05) is 0 Å². The molecule has 0 bridgehead atoms. The summed E-state index contributed by atoms with van der Waals surface area (Å²) in [6.07, 6.45) is 1.11. The van der Waals surface area contributed by atoms with Crippen LogP contribution in [0, 0.1) is 5.82 Å².